The van der Waals surface area contributed by atoms with Crippen LogP contribution in [0.4, 0.5) is 0 Å². The molecule has 1 N–H and O–H groups in total. The fraction of sp³-hybridized carbons (Fsp3) is 0.571. The molecule has 0 spiro atoms. The van der Waals surface area contributed by atoms with Crippen molar-refractivity contribution in [2.75, 3.05) is 13.7 Å². The van der Waals surface area contributed by atoms with Crippen molar-refractivity contribution in [1.82, 2.24) is 5.32 Å². The molecule has 1 atom stereocenters. The van der Waals surface area contributed by atoms with Crippen molar-refractivity contribution in [2.45, 2.75) is 38.5 Å². The predicted molar refractivity (Wildman–Crippen MR) is 83.7 cm³/mol. The molecule has 1 saturated carbocycles. The number of rotatable bonds is 7. The third-order valence-corrected chi connectivity index (χ3v) is 4.13. The summed E-state index contributed by atoms with van der Waals surface area (Å²) in [6, 6.07) is 4.93. The van der Waals surface area contributed by atoms with E-state index in [1.54, 1.807) is 7.11 Å². The van der Waals surface area contributed by atoms with E-state index in [0.717, 1.165) is 27.3 Å². The normalized spacial score (nSPS) is 16.4. The second-order valence-corrected chi connectivity index (χ2v) is 6.64. The van der Waals surface area contributed by atoms with Crippen LogP contribution in [0.15, 0.2) is 21.1 Å². The van der Waals surface area contributed by atoms with Crippen molar-refractivity contribution in [3.05, 3.63) is 26.6 Å². The highest BCUT2D eigenvalue weighted by Crippen LogP contribution is 2.35. The second-order valence-electron chi connectivity index (χ2n) is 4.93. The summed E-state index contributed by atoms with van der Waals surface area (Å²) in [5.74, 6) is 0.833. The van der Waals surface area contributed by atoms with Crippen molar-refractivity contribution in [1.29, 1.82) is 0 Å². The maximum Gasteiger partial charge on any atom is 0.148 e. The molecule has 1 aromatic rings. The summed E-state index contributed by atoms with van der Waals surface area (Å²) < 4.78 is 12.9. The van der Waals surface area contributed by atoms with Crippen molar-refractivity contribution in [3.63, 3.8) is 0 Å². The van der Waals surface area contributed by atoms with Gasteiger partial charge in [0.1, 0.15) is 11.9 Å². The van der Waals surface area contributed by atoms with Gasteiger partial charge >= 0.3 is 0 Å². The smallest absolute Gasteiger partial charge is 0.148 e. The molecule has 1 fully saturated rings. The fourth-order valence-corrected chi connectivity index (χ4v) is 3.31. The van der Waals surface area contributed by atoms with Gasteiger partial charge in [0.25, 0.3) is 0 Å². The first-order valence-electron chi connectivity index (χ1n) is 6.47. The average molecular weight is 393 g/mol. The molecule has 1 aliphatic rings. The summed E-state index contributed by atoms with van der Waals surface area (Å²) in [7, 11) is 1.68. The molecule has 5 heteroatoms. The van der Waals surface area contributed by atoms with Crippen LogP contribution in [0.5, 0.6) is 5.75 Å². The zero-order valence-corrected chi connectivity index (χ0v) is 14.4. The summed E-state index contributed by atoms with van der Waals surface area (Å²) in [5.41, 5.74) is 1.25. The molecule has 0 heterocycles. The summed E-state index contributed by atoms with van der Waals surface area (Å²) >= 11 is 7.15. The van der Waals surface area contributed by atoms with Gasteiger partial charge in [-0.3, -0.25) is 0 Å². The Morgan fingerprint density at radius 3 is 2.47 bits per heavy atom. The number of hydrogen-bond acceptors (Lipinski definition) is 3. The molecule has 0 aliphatic heterocycles. The quantitative estimate of drug-likeness (QED) is 0.763. The summed E-state index contributed by atoms with van der Waals surface area (Å²) in [6.07, 6.45) is 2.63. The highest BCUT2D eigenvalue weighted by atomic mass is 79.9. The molecule has 0 aromatic heterocycles. The third kappa shape index (κ3) is 4.74. The Morgan fingerprint density at radius 2 is 1.95 bits per heavy atom. The van der Waals surface area contributed by atoms with Crippen LogP contribution < -0.4 is 10.1 Å². The lowest BCUT2D eigenvalue weighted by atomic mass is 10.2. The molecular weight excluding hydrogens is 374 g/mol. The largest absolute Gasteiger partial charge is 0.486 e. The molecule has 2 rings (SSSR count). The number of methoxy groups -OCH3 is 1. The monoisotopic (exact) mass is 391 g/mol. The molecule has 0 bridgehead atoms. The summed E-state index contributed by atoms with van der Waals surface area (Å²) in [5, 5.41) is 3.51. The van der Waals surface area contributed by atoms with E-state index in [-0.39, 0.29) is 6.10 Å². The lowest BCUT2D eigenvalue weighted by Gasteiger charge is -2.17. The molecule has 0 saturated heterocycles. The van der Waals surface area contributed by atoms with E-state index >= 15 is 0 Å². The highest BCUT2D eigenvalue weighted by molar-refractivity contribution is 9.11. The van der Waals surface area contributed by atoms with E-state index in [0.29, 0.717) is 6.61 Å². The van der Waals surface area contributed by atoms with Crippen molar-refractivity contribution in [2.24, 2.45) is 0 Å². The van der Waals surface area contributed by atoms with Crippen LogP contribution in [0.25, 0.3) is 0 Å². The van der Waals surface area contributed by atoms with E-state index in [2.05, 4.69) is 49.3 Å². The van der Waals surface area contributed by atoms with Crippen molar-refractivity contribution < 1.29 is 9.47 Å². The standard InChI is InChI=1S/C14H19Br2NO2/c1-9(8-18-2)19-14-12(15)5-10(6-13(14)16)7-17-11-3-4-11/h5-6,9,11,17H,3-4,7-8H2,1-2H3. The molecule has 3 nitrogen and oxygen atoms in total. The van der Waals surface area contributed by atoms with Crippen LogP contribution in [0.1, 0.15) is 25.3 Å². The third-order valence-electron chi connectivity index (χ3n) is 2.95. The molecular formula is C14H19Br2NO2. The van der Waals surface area contributed by atoms with Gasteiger partial charge in [-0.15, -0.1) is 0 Å². The summed E-state index contributed by atoms with van der Waals surface area (Å²) in [4.78, 5) is 0. The van der Waals surface area contributed by atoms with Gasteiger partial charge in [-0.25, -0.2) is 0 Å². The van der Waals surface area contributed by atoms with Crippen LogP contribution >= 0.6 is 31.9 Å². The van der Waals surface area contributed by atoms with Crippen molar-refractivity contribution in [3.8, 4) is 5.75 Å². The maximum absolute atomic E-state index is 5.87. The van der Waals surface area contributed by atoms with Crippen LogP contribution in [-0.4, -0.2) is 25.9 Å². The zero-order chi connectivity index (χ0) is 13.8. The number of nitrogens with one attached hydrogen (secondary N) is 1. The minimum atomic E-state index is 0.0213. The van der Waals surface area contributed by atoms with Gasteiger partial charge in [-0.2, -0.15) is 0 Å². The Bertz CT molecular complexity index is 412. The maximum atomic E-state index is 5.87. The first-order chi connectivity index (χ1) is 9.10. The van der Waals surface area contributed by atoms with E-state index in [1.807, 2.05) is 6.92 Å². The van der Waals surface area contributed by atoms with E-state index in [1.165, 1.54) is 18.4 Å². The Morgan fingerprint density at radius 1 is 1.32 bits per heavy atom. The van der Waals surface area contributed by atoms with Crippen molar-refractivity contribution >= 4 is 31.9 Å². The molecule has 0 amide bonds. The van der Waals surface area contributed by atoms with Gasteiger partial charge in [-0.1, -0.05) is 0 Å². The highest BCUT2D eigenvalue weighted by Gasteiger charge is 2.20. The zero-order valence-electron chi connectivity index (χ0n) is 11.2. The first-order valence-corrected chi connectivity index (χ1v) is 8.05. The fourth-order valence-electron chi connectivity index (χ4n) is 1.85. The minimum Gasteiger partial charge on any atom is -0.486 e. The Balaban J connectivity index is 2.02. The number of hydrogen-bond donors (Lipinski definition) is 1. The van der Waals surface area contributed by atoms with Gasteiger partial charge < -0.3 is 14.8 Å². The predicted octanol–water partition coefficient (Wildman–Crippen LogP) is 3.88. The van der Waals surface area contributed by atoms with Gasteiger partial charge in [0.15, 0.2) is 0 Å². The molecule has 0 radical (unpaired) electrons. The van der Waals surface area contributed by atoms with Crippen LogP contribution in [0.3, 0.4) is 0 Å². The van der Waals surface area contributed by atoms with Crippen LogP contribution in [0, 0.1) is 0 Å². The van der Waals surface area contributed by atoms with Gasteiger partial charge in [-0.05, 0) is 69.3 Å². The lowest BCUT2D eigenvalue weighted by molar-refractivity contribution is 0.0910. The topological polar surface area (TPSA) is 30.5 Å². The van der Waals surface area contributed by atoms with Gasteiger partial charge in [0.05, 0.1) is 15.6 Å². The lowest BCUT2D eigenvalue weighted by Crippen LogP contribution is -2.19. The molecule has 1 unspecified atom stereocenters. The van der Waals surface area contributed by atoms with Crippen LogP contribution in [0.2, 0.25) is 0 Å². The molecule has 106 valence electrons. The Hall–Kier alpha value is -0.100. The van der Waals surface area contributed by atoms with E-state index in [9.17, 15) is 0 Å². The van der Waals surface area contributed by atoms with Gasteiger partial charge in [0, 0.05) is 19.7 Å². The molecule has 19 heavy (non-hydrogen) atoms. The number of benzene rings is 1. The van der Waals surface area contributed by atoms with Crippen LogP contribution in [-0.2, 0) is 11.3 Å². The number of halogens is 2. The van der Waals surface area contributed by atoms with Gasteiger partial charge in [0.2, 0.25) is 0 Å². The number of ether oxygens (including phenoxy) is 2. The Kier molecular flexibility index (Phi) is 5.69. The minimum absolute atomic E-state index is 0.0213. The molecule has 1 aromatic carbocycles. The summed E-state index contributed by atoms with van der Waals surface area (Å²) in [6.45, 7) is 3.46. The second kappa shape index (κ2) is 7.07. The first kappa shape index (κ1) is 15.3. The SMILES string of the molecule is COCC(C)Oc1c(Br)cc(CNC2CC2)cc1Br. The Labute approximate surface area is 131 Å². The molecule has 1 aliphatic carbocycles. The van der Waals surface area contributed by atoms with E-state index in [4.69, 9.17) is 9.47 Å². The average Bonchev–Trinajstić information content (AvgIpc) is 3.15. The van der Waals surface area contributed by atoms with E-state index < -0.39 is 0 Å².